The molecule has 19 heavy (non-hydrogen) atoms. The maximum Gasteiger partial charge on any atom is 0.150 e. The Morgan fingerprint density at radius 1 is 1.42 bits per heavy atom. The average molecular weight is 262 g/mol. The van der Waals surface area contributed by atoms with Gasteiger partial charge < -0.3 is 15.0 Å². The highest BCUT2D eigenvalue weighted by atomic mass is 19.1. The summed E-state index contributed by atoms with van der Waals surface area (Å²) in [5, 5.41) is 10.3. The first-order chi connectivity index (χ1) is 9.15. The van der Waals surface area contributed by atoms with E-state index in [1.807, 2.05) is 6.20 Å². The summed E-state index contributed by atoms with van der Waals surface area (Å²) in [5.74, 6) is -0.410. The zero-order valence-electron chi connectivity index (χ0n) is 11.1. The van der Waals surface area contributed by atoms with E-state index in [1.165, 1.54) is 19.3 Å². The van der Waals surface area contributed by atoms with E-state index in [0.717, 1.165) is 36.0 Å². The molecule has 2 N–H and O–H groups in total. The highest BCUT2D eigenvalue weighted by Crippen LogP contribution is 2.27. The van der Waals surface area contributed by atoms with Crippen LogP contribution in [0.2, 0.25) is 0 Å². The number of aromatic amines is 1. The number of phenols is 1. The second-order valence-corrected chi connectivity index (χ2v) is 5.48. The van der Waals surface area contributed by atoms with Gasteiger partial charge in [0.2, 0.25) is 0 Å². The number of benzene rings is 1. The standard InChI is InChI=1S/C15H19FN2O/c1-18(11-3-2-4-11)6-5-10-9-17-15-13(10)7-12(19)8-14(15)16/h7-9,11,17,19H,2-6H2,1H3. The van der Waals surface area contributed by atoms with Gasteiger partial charge in [-0.25, -0.2) is 4.39 Å². The molecule has 1 fully saturated rings. The van der Waals surface area contributed by atoms with Crippen molar-refractivity contribution in [3.63, 3.8) is 0 Å². The van der Waals surface area contributed by atoms with Gasteiger partial charge in [-0.2, -0.15) is 0 Å². The molecule has 1 saturated carbocycles. The molecule has 1 heterocycles. The molecule has 0 radical (unpaired) electrons. The number of aromatic hydroxyl groups is 1. The molecule has 1 aliphatic carbocycles. The number of H-pyrrole nitrogens is 1. The molecule has 0 spiro atoms. The summed E-state index contributed by atoms with van der Waals surface area (Å²) in [4.78, 5) is 5.34. The monoisotopic (exact) mass is 262 g/mol. The van der Waals surface area contributed by atoms with E-state index in [1.54, 1.807) is 6.07 Å². The minimum atomic E-state index is -0.395. The smallest absolute Gasteiger partial charge is 0.150 e. The molecule has 0 atom stereocenters. The number of likely N-dealkylation sites (N-methyl/N-ethyl adjacent to an activating group) is 1. The molecule has 0 bridgehead atoms. The molecule has 3 rings (SSSR count). The molecule has 0 aliphatic heterocycles. The van der Waals surface area contributed by atoms with Crippen LogP contribution in [0.15, 0.2) is 18.3 Å². The molecule has 0 amide bonds. The number of halogens is 1. The van der Waals surface area contributed by atoms with E-state index in [0.29, 0.717) is 5.52 Å². The van der Waals surface area contributed by atoms with Crippen molar-refractivity contribution in [2.24, 2.45) is 0 Å². The van der Waals surface area contributed by atoms with Crippen molar-refractivity contribution >= 4 is 10.9 Å². The number of rotatable bonds is 4. The van der Waals surface area contributed by atoms with Crippen molar-refractivity contribution in [1.29, 1.82) is 0 Å². The molecular formula is C15H19FN2O. The van der Waals surface area contributed by atoms with Crippen LogP contribution in [0.25, 0.3) is 10.9 Å². The van der Waals surface area contributed by atoms with Crippen molar-refractivity contribution in [3.8, 4) is 5.75 Å². The zero-order chi connectivity index (χ0) is 13.4. The maximum absolute atomic E-state index is 13.6. The van der Waals surface area contributed by atoms with Gasteiger partial charge >= 0.3 is 0 Å². The number of nitrogens with zero attached hydrogens (tertiary/aromatic N) is 1. The quantitative estimate of drug-likeness (QED) is 0.889. The summed E-state index contributed by atoms with van der Waals surface area (Å²) in [7, 11) is 2.15. The lowest BCUT2D eigenvalue weighted by Crippen LogP contribution is -2.38. The predicted octanol–water partition coefficient (Wildman–Crippen LogP) is 3.04. The Labute approximate surface area is 112 Å². The highest BCUT2D eigenvalue weighted by molar-refractivity contribution is 5.85. The molecule has 1 aromatic heterocycles. The molecule has 2 aromatic rings. The van der Waals surface area contributed by atoms with Gasteiger partial charge in [-0.3, -0.25) is 0 Å². The lowest BCUT2D eigenvalue weighted by atomic mass is 9.91. The SMILES string of the molecule is CN(CCc1c[nH]c2c(F)cc(O)cc12)C1CCC1. The predicted molar refractivity (Wildman–Crippen MR) is 73.9 cm³/mol. The lowest BCUT2D eigenvalue weighted by Gasteiger charge is -2.34. The largest absolute Gasteiger partial charge is 0.508 e. The molecule has 1 aliphatic rings. The summed E-state index contributed by atoms with van der Waals surface area (Å²) in [6, 6.07) is 3.49. The number of aromatic nitrogens is 1. The maximum atomic E-state index is 13.6. The van der Waals surface area contributed by atoms with E-state index in [2.05, 4.69) is 16.9 Å². The molecule has 4 heteroatoms. The van der Waals surface area contributed by atoms with Gasteiger partial charge in [0.15, 0.2) is 5.82 Å². The van der Waals surface area contributed by atoms with Crippen LogP contribution in [0.1, 0.15) is 24.8 Å². The minimum absolute atomic E-state index is 0.0156. The van der Waals surface area contributed by atoms with Crippen molar-refractivity contribution < 1.29 is 9.50 Å². The van der Waals surface area contributed by atoms with Crippen LogP contribution in [0.5, 0.6) is 5.75 Å². The molecule has 102 valence electrons. The van der Waals surface area contributed by atoms with Crippen LogP contribution in [0, 0.1) is 5.82 Å². The third-order valence-electron chi connectivity index (χ3n) is 4.24. The van der Waals surface area contributed by atoms with Crippen LogP contribution in [-0.2, 0) is 6.42 Å². The number of fused-ring (bicyclic) bond motifs is 1. The molecule has 3 nitrogen and oxygen atoms in total. The Morgan fingerprint density at radius 3 is 2.89 bits per heavy atom. The number of hydrogen-bond donors (Lipinski definition) is 2. The Balaban J connectivity index is 1.77. The number of hydrogen-bond acceptors (Lipinski definition) is 2. The minimum Gasteiger partial charge on any atom is -0.508 e. The molecule has 1 aromatic carbocycles. The second kappa shape index (κ2) is 4.85. The Hall–Kier alpha value is -1.55. The van der Waals surface area contributed by atoms with Gasteiger partial charge in [-0.05, 0) is 37.9 Å². The van der Waals surface area contributed by atoms with E-state index < -0.39 is 5.82 Å². The summed E-state index contributed by atoms with van der Waals surface area (Å²) >= 11 is 0. The van der Waals surface area contributed by atoms with Crippen molar-refractivity contribution in [1.82, 2.24) is 9.88 Å². The van der Waals surface area contributed by atoms with Crippen molar-refractivity contribution in [3.05, 3.63) is 29.7 Å². The van der Waals surface area contributed by atoms with Gasteiger partial charge in [0, 0.05) is 30.2 Å². The third-order valence-corrected chi connectivity index (χ3v) is 4.24. The van der Waals surface area contributed by atoms with Crippen LogP contribution in [0.3, 0.4) is 0 Å². The lowest BCUT2D eigenvalue weighted by molar-refractivity contribution is 0.161. The van der Waals surface area contributed by atoms with Crippen LogP contribution in [-0.4, -0.2) is 34.6 Å². The van der Waals surface area contributed by atoms with Gasteiger partial charge in [-0.1, -0.05) is 6.42 Å². The average Bonchev–Trinajstić information content (AvgIpc) is 2.67. The number of nitrogens with one attached hydrogen (secondary N) is 1. The van der Waals surface area contributed by atoms with Crippen LogP contribution in [0.4, 0.5) is 4.39 Å². The summed E-state index contributed by atoms with van der Waals surface area (Å²) in [6.07, 6.45) is 6.64. The van der Waals surface area contributed by atoms with Crippen molar-refractivity contribution in [2.75, 3.05) is 13.6 Å². The fourth-order valence-electron chi connectivity index (χ4n) is 2.74. The highest BCUT2D eigenvalue weighted by Gasteiger charge is 2.21. The Morgan fingerprint density at radius 2 is 2.21 bits per heavy atom. The van der Waals surface area contributed by atoms with Crippen molar-refractivity contribution in [2.45, 2.75) is 31.7 Å². The summed E-state index contributed by atoms with van der Waals surface area (Å²) in [5.41, 5.74) is 1.55. The third kappa shape index (κ3) is 2.32. The Bertz CT molecular complexity index is 589. The second-order valence-electron chi connectivity index (χ2n) is 5.48. The summed E-state index contributed by atoms with van der Waals surface area (Å²) in [6.45, 7) is 0.967. The van der Waals surface area contributed by atoms with E-state index >= 15 is 0 Å². The summed E-state index contributed by atoms with van der Waals surface area (Å²) < 4.78 is 13.6. The van der Waals surface area contributed by atoms with Gasteiger partial charge in [0.25, 0.3) is 0 Å². The van der Waals surface area contributed by atoms with Gasteiger partial charge in [0.1, 0.15) is 5.75 Å². The normalized spacial score (nSPS) is 16.2. The van der Waals surface area contributed by atoms with Crippen LogP contribution >= 0.6 is 0 Å². The number of phenolic OH excluding ortho intramolecular Hbond substituents is 1. The molecule has 0 saturated heterocycles. The fraction of sp³-hybridized carbons (Fsp3) is 0.467. The van der Waals surface area contributed by atoms with E-state index in [9.17, 15) is 9.50 Å². The first-order valence-corrected chi connectivity index (χ1v) is 6.84. The van der Waals surface area contributed by atoms with E-state index in [-0.39, 0.29) is 5.75 Å². The van der Waals surface area contributed by atoms with Gasteiger partial charge in [0.05, 0.1) is 5.52 Å². The van der Waals surface area contributed by atoms with Crippen LogP contribution < -0.4 is 0 Å². The molecule has 0 unspecified atom stereocenters. The van der Waals surface area contributed by atoms with E-state index in [4.69, 9.17) is 0 Å². The first kappa shape index (κ1) is 12.5. The zero-order valence-corrected chi connectivity index (χ0v) is 11.1. The Kier molecular flexibility index (Phi) is 3.19. The van der Waals surface area contributed by atoms with Gasteiger partial charge in [-0.15, -0.1) is 0 Å². The fourth-order valence-corrected chi connectivity index (χ4v) is 2.74. The molecular weight excluding hydrogens is 243 g/mol. The topological polar surface area (TPSA) is 39.3 Å². The first-order valence-electron chi connectivity index (χ1n) is 6.84.